The fourth-order valence-corrected chi connectivity index (χ4v) is 4.45. The van der Waals surface area contributed by atoms with Crippen molar-refractivity contribution in [1.29, 1.82) is 4.78 Å². The average molecular weight is 376 g/mol. The molecule has 2 aromatic rings. The average Bonchev–Trinajstić information content (AvgIpc) is 3.39. The number of hydrogen-bond donors (Lipinski definition) is 3. The van der Waals surface area contributed by atoms with Gasteiger partial charge in [0.15, 0.2) is 11.6 Å². The molecule has 136 valence electrons. The van der Waals surface area contributed by atoms with Gasteiger partial charge in [0.2, 0.25) is 0 Å². The van der Waals surface area contributed by atoms with Crippen molar-refractivity contribution in [2.75, 3.05) is 5.32 Å². The molecule has 4 rings (SSSR count). The molecule has 5 nitrogen and oxygen atoms in total. The summed E-state index contributed by atoms with van der Waals surface area (Å²) in [6, 6.07) is 3.38. The summed E-state index contributed by atoms with van der Waals surface area (Å²) in [5.41, 5.74) is 1.27. The zero-order valence-electron chi connectivity index (χ0n) is 14.1. The number of carbonyl (C=O) groups is 1. The summed E-state index contributed by atoms with van der Waals surface area (Å²) < 4.78 is 39.8. The van der Waals surface area contributed by atoms with Crippen LogP contribution in [0.4, 0.5) is 14.5 Å². The van der Waals surface area contributed by atoms with Crippen molar-refractivity contribution in [3.05, 3.63) is 53.4 Å². The molecule has 1 aliphatic heterocycles. The number of nitrogens with zero attached hydrogens (tertiary/aromatic N) is 1. The lowest BCUT2D eigenvalue weighted by molar-refractivity contribution is 0.101. The van der Waals surface area contributed by atoms with Gasteiger partial charge >= 0.3 is 0 Å². The minimum atomic E-state index is -1.02. The lowest BCUT2D eigenvalue weighted by Crippen LogP contribution is -2.29. The molecule has 0 spiro atoms. The molecular formula is C18H18F2N4OS. The van der Waals surface area contributed by atoms with Crippen molar-refractivity contribution in [3.8, 4) is 0 Å². The molecular weight excluding hydrogens is 358 g/mol. The minimum Gasteiger partial charge on any atom is -0.345 e. The van der Waals surface area contributed by atoms with Crippen molar-refractivity contribution < 1.29 is 13.6 Å². The molecule has 8 heteroatoms. The Bertz CT molecular complexity index is 949. The molecule has 1 aliphatic carbocycles. The van der Waals surface area contributed by atoms with Gasteiger partial charge < -0.3 is 9.88 Å². The number of hydrogen-bond acceptors (Lipinski definition) is 2. The van der Waals surface area contributed by atoms with Crippen molar-refractivity contribution in [2.45, 2.75) is 23.8 Å². The highest BCUT2D eigenvalue weighted by molar-refractivity contribution is 7.84. The van der Waals surface area contributed by atoms with Gasteiger partial charge in [-0.1, -0.05) is 12.2 Å². The van der Waals surface area contributed by atoms with Crippen molar-refractivity contribution in [3.63, 3.8) is 0 Å². The number of amides is 1. The quantitative estimate of drug-likeness (QED) is 0.766. The zero-order chi connectivity index (χ0) is 18.4. The molecule has 1 amide bonds. The third kappa shape index (κ3) is 3.10. The Kier molecular flexibility index (Phi) is 4.24. The summed E-state index contributed by atoms with van der Waals surface area (Å²) in [5, 5.41) is 2.61. The highest BCUT2D eigenvalue weighted by Gasteiger charge is 2.32. The molecule has 1 aromatic carbocycles. The maximum absolute atomic E-state index is 13.4. The highest BCUT2D eigenvalue weighted by atomic mass is 32.2. The van der Waals surface area contributed by atoms with E-state index in [0.717, 1.165) is 29.9 Å². The van der Waals surface area contributed by atoms with E-state index in [2.05, 4.69) is 10.0 Å². The van der Waals surface area contributed by atoms with Crippen molar-refractivity contribution in [2.24, 2.45) is 13.0 Å². The van der Waals surface area contributed by atoms with E-state index in [-0.39, 0.29) is 11.7 Å². The van der Waals surface area contributed by atoms with E-state index >= 15 is 0 Å². The molecule has 3 N–H and O–H groups in total. The predicted octanol–water partition coefficient (Wildman–Crippen LogP) is 3.61. The summed E-state index contributed by atoms with van der Waals surface area (Å²) in [6.07, 6.45) is 8.00. The number of fused-ring (bicyclic) bond motifs is 1. The van der Waals surface area contributed by atoms with E-state index < -0.39 is 28.4 Å². The second-order valence-electron chi connectivity index (χ2n) is 6.60. The Morgan fingerprint density at radius 2 is 2.12 bits per heavy atom. The molecule has 2 atom stereocenters. The van der Waals surface area contributed by atoms with Crippen LogP contribution in [-0.2, 0) is 17.9 Å². The number of carbonyl (C=O) groups excluding carboxylic acids is 1. The maximum atomic E-state index is 13.4. The van der Waals surface area contributed by atoms with Crippen LogP contribution in [0, 0.1) is 22.3 Å². The van der Waals surface area contributed by atoms with Crippen LogP contribution in [0.15, 0.2) is 35.4 Å². The molecule has 0 bridgehead atoms. The van der Waals surface area contributed by atoms with Gasteiger partial charge in [-0.15, -0.1) is 0 Å². The normalized spacial score (nSPS) is 22.0. The lowest BCUT2D eigenvalue weighted by atomic mass is 10.1. The second-order valence-corrected chi connectivity index (χ2v) is 7.88. The van der Waals surface area contributed by atoms with Gasteiger partial charge in [-0.2, -0.15) is 0 Å². The van der Waals surface area contributed by atoms with Crippen molar-refractivity contribution >= 4 is 28.5 Å². The van der Waals surface area contributed by atoms with Crippen LogP contribution >= 0.6 is 0 Å². The molecule has 1 saturated carbocycles. The number of aryl methyl sites for hydroxylation is 1. The summed E-state index contributed by atoms with van der Waals surface area (Å²) in [6.45, 7) is 0. The third-order valence-corrected chi connectivity index (χ3v) is 5.92. The Morgan fingerprint density at radius 3 is 2.81 bits per heavy atom. The van der Waals surface area contributed by atoms with Gasteiger partial charge in [0.1, 0.15) is 5.69 Å². The number of aromatic nitrogens is 1. The number of anilines is 1. The molecule has 1 fully saturated rings. The van der Waals surface area contributed by atoms with Gasteiger partial charge in [0.05, 0.1) is 4.90 Å². The first-order chi connectivity index (χ1) is 12.4. The SMILES string of the molecule is Cn1cc2c(c1C(=O)Nc1ccc(F)c(F)c1)C=CC(C1CC1)NS2=N. The fourth-order valence-electron chi connectivity index (χ4n) is 3.13. The van der Waals surface area contributed by atoms with Crippen LogP contribution in [0.2, 0.25) is 0 Å². The Balaban J connectivity index is 1.66. The topological polar surface area (TPSA) is 69.9 Å². The Hall–Kier alpha value is -2.32. The standard InChI is InChI=1S/C18H18F2N4OS/c1-24-9-16-12(5-7-15(10-2-3-10)23-26(16)21)17(24)18(25)22-11-4-6-13(19)14(20)8-11/h4-10,15H,2-3H2,1H3,(H2,21,23)(H,22,25). The molecule has 0 saturated heterocycles. The van der Waals surface area contributed by atoms with Crippen LogP contribution in [0.3, 0.4) is 0 Å². The maximum Gasteiger partial charge on any atom is 0.272 e. The van der Waals surface area contributed by atoms with Gasteiger partial charge in [-0.3, -0.25) is 9.57 Å². The summed E-state index contributed by atoms with van der Waals surface area (Å²) >= 11 is 0. The Labute approximate surface area is 152 Å². The highest BCUT2D eigenvalue weighted by Crippen LogP contribution is 2.36. The molecule has 1 aromatic heterocycles. The molecule has 2 aliphatic rings. The molecule has 2 heterocycles. The monoisotopic (exact) mass is 376 g/mol. The van der Waals surface area contributed by atoms with Crippen LogP contribution < -0.4 is 10.0 Å². The van der Waals surface area contributed by atoms with Crippen LogP contribution in [0.1, 0.15) is 28.9 Å². The van der Waals surface area contributed by atoms with Gasteiger partial charge in [0, 0.05) is 36.6 Å². The predicted molar refractivity (Wildman–Crippen MR) is 96.8 cm³/mol. The fraction of sp³-hybridized carbons (Fsp3) is 0.278. The lowest BCUT2D eigenvalue weighted by Gasteiger charge is -2.12. The number of benzene rings is 1. The number of nitrogens with one attached hydrogen (secondary N) is 3. The van der Waals surface area contributed by atoms with E-state index in [9.17, 15) is 13.6 Å². The van der Waals surface area contributed by atoms with Gasteiger partial charge in [-0.05, 0) is 41.8 Å². The number of rotatable bonds is 3. The smallest absolute Gasteiger partial charge is 0.272 e. The van der Waals surface area contributed by atoms with Gasteiger partial charge in [-0.25, -0.2) is 13.5 Å². The Morgan fingerprint density at radius 1 is 1.35 bits per heavy atom. The largest absolute Gasteiger partial charge is 0.345 e. The van der Waals surface area contributed by atoms with E-state index in [1.54, 1.807) is 17.8 Å². The first-order valence-electron chi connectivity index (χ1n) is 8.29. The summed E-state index contributed by atoms with van der Waals surface area (Å²) in [5.74, 6) is -1.85. The minimum absolute atomic E-state index is 0.149. The summed E-state index contributed by atoms with van der Waals surface area (Å²) in [4.78, 5) is 13.5. The first kappa shape index (κ1) is 17.1. The van der Waals surface area contributed by atoms with Crippen LogP contribution in [-0.4, -0.2) is 16.5 Å². The van der Waals surface area contributed by atoms with E-state index in [0.29, 0.717) is 17.2 Å². The second kappa shape index (κ2) is 6.44. The molecule has 0 radical (unpaired) electrons. The van der Waals surface area contributed by atoms with E-state index in [1.165, 1.54) is 6.07 Å². The van der Waals surface area contributed by atoms with E-state index in [1.807, 2.05) is 12.2 Å². The zero-order valence-corrected chi connectivity index (χ0v) is 14.9. The number of halogens is 2. The molecule has 2 unspecified atom stereocenters. The summed E-state index contributed by atoms with van der Waals surface area (Å²) in [7, 11) is 0.809. The van der Waals surface area contributed by atoms with Crippen LogP contribution in [0.25, 0.3) is 6.08 Å². The van der Waals surface area contributed by atoms with E-state index in [4.69, 9.17) is 4.78 Å². The first-order valence-corrected chi connectivity index (χ1v) is 9.52. The molecule has 26 heavy (non-hydrogen) atoms. The third-order valence-electron chi connectivity index (χ3n) is 4.65. The van der Waals surface area contributed by atoms with Crippen LogP contribution in [0.5, 0.6) is 0 Å². The van der Waals surface area contributed by atoms with Gasteiger partial charge in [0.25, 0.3) is 5.91 Å². The van der Waals surface area contributed by atoms with Crippen molar-refractivity contribution in [1.82, 2.24) is 9.29 Å².